The Hall–Kier alpha value is -2.09. The molecule has 2 aliphatic rings. The van der Waals surface area contributed by atoms with Crippen LogP contribution in [0.25, 0.3) is 0 Å². The highest BCUT2D eigenvalue weighted by atomic mass is 19.4. The highest BCUT2D eigenvalue weighted by Crippen LogP contribution is 2.31. The lowest BCUT2D eigenvalue weighted by Gasteiger charge is -2.32. The summed E-state index contributed by atoms with van der Waals surface area (Å²) in [7, 11) is 0. The van der Waals surface area contributed by atoms with Crippen LogP contribution in [0.2, 0.25) is 0 Å². The van der Waals surface area contributed by atoms with Crippen molar-refractivity contribution in [2.45, 2.75) is 44.4 Å². The van der Waals surface area contributed by atoms with Crippen molar-refractivity contribution in [3.8, 4) is 0 Å². The molecule has 8 heteroatoms. The topological polar surface area (TPSA) is 60.9 Å². The normalized spacial score (nSPS) is 19.1. The van der Waals surface area contributed by atoms with E-state index in [-0.39, 0.29) is 24.4 Å². The molecule has 1 saturated heterocycles. The molecule has 0 spiro atoms. The summed E-state index contributed by atoms with van der Waals surface area (Å²) in [6.07, 6.45) is -1.48. The van der Waals surface area contributed by atoms with Crippen LogP contribution >= 0.6 is 0 Å². The zero-order chi connectivity index (χ0) is 19.6. The van der Waals surface area contributed by atoms with E-state index < -0.39 is 17.7 Å². The van der Waals surface area contributed by atoms with Gasteiger partial charge in [-0.05, 0) is 56.5 Å². The molecule has 0 aromatic heterocycles. The molecule has 1 aliphatic carbocycles. The second-order valence-electron chi connectivity index (χ2n) is 7.34. The molecule has 0 atom stereocenters. The third-order valence-corrected chi connectivity index (χ3v) is 5.24. The van der Waals surface area contributed by atoms with Gasteiger partial charge in [0.1, 0.15) is 0 Å². The standard InChI is InChI=1S/C19H23F3N2O3/c20-19(21,22)15-3-1-13(2-4-15)11-24(16-5-6-16)17(25)12-23-9-7-14(8-10-23)18(26)27/h1-4,14,16H,5-12H2,(H,26,27). The molecular formula is C19H23F3N2O3. The van der Waals surface area contributed by atoms with Gasteiger partial charge in [-0.1, -0.05) is 12.1 Å². The fourth-order valence-corrected chi connectivity index (χ4v) is 3.42. The molecule has 1 N–H and O–H groups in total. The summed E-state index contributed by atoms with van der Waals surface area (Å²) >= 11 is 0. The number of hydrogen-bond donors (Lipinski definition) is 1. The van der Waals surface area contributed by atoms with Crippen LogP contribution in [-0.4, -0.2) is 52.5 Å². The lowest BCUT2D eigenvalue weighted by atomic mass is 9.97. The SMILES string of the molecule is O=C(O)C1CCN(CC(=O)N(Cc2ccc(C(F)(F)F)cc2)C2CC2)CC1. The lowest BCUT2D eigenvalue weighted by Crippen LogP contribution is -2.44. The van der Waals surface area contributed by atoms with Crippen molar-refractivity contribution in [2.75, 3.05) is 19.6 Å². The van der Waals surface area contributed by atoms with Crippen molar-refractivity contribution >= 4 is 11.9 Å². The number of halogens is 3. The van der Waals surface area contributed by atoms with Gasteiger partial charge in [0.2, 0.25) is 5.91 Å². The monoisotopic (exact) mass is 384 g/mol. The Morgan fingerprint density at radius 2 is 1.67 bits per heavy atom. The van der Waals surface area contributed by atoms with Crippen LogP contribution in [0.15, 0.2) is 24.3 Å². The van der Waals surface area contributed by atoms with E-state index in [2.05, 4.69) is 0 Å². The smallest absolute Gasteiger partial charge is 0.416 e. The average molecular weight is 384 g/mol. The molecule has 148 valence electrons. The molecule has 5 nitrogen and oxygen atoms in total. The van der Waals surface area contributed by atoms with Gasteiger partial charge in [0.05, 0.1) is 18.0 Å². The molecular weight excluding hydrogens is 361 g/mol. The molecule has 1 saturated carbocycles. The van der Waals surface area contributed by atoms with E-state index >= 15 is 0 Å². The zero-order valence-electron chi connectivity index (χ0n) is 14.9. The van der Waals surface area contributed by atoms with Crippen LogP contribution < -0.4 is 0 Å². The van der Waals surface area contributed by atoms with Gasteiger partial charge in [-0.3, -0.25) is 14.5 Å². The molecule has 1 amide bonds. The van der Waals surface area contributed by atoms with Gasteiger partial charge in [-0.25, -0.2) is 0 Å². The van der Waals surface area contributed by atoms with E-state index in [0.29, 0.717) is 38.0 Å². The number of aliphatic carboxylic acids is 1. The third kappa shape index (κ3) is 5.22. The van der Waals surface area contributed by atoms with E-state index in [1.807, 2.05) is 4.90 Å². The number of hydrogen-bond acceptors (Lipinski definition) is 3. The molecule has 1 aliphatic heterocycles. The Morgan fingerprint density at radius 3 is 2.15 bits per heavy atom. The first kappa shape index (κ1) is 19.7. The van der Waals surface area contributed by atoms with Crippen LogP contribution in [0.4, 0.5) is 13.2 Å². The largest absolute Gasteiger partial charge is 0.481 e. The summed E-state index contributed by atoms with van der Waals surface area (Å²) in [5, 5.41) is 9.05. The van der Waals surface area contributed by atoms with Crippen LogP contribution in [0, 0.1) is 5.92 Å². The van der Waals surface area contributed by atoms with Crippen molar-refractivity contribution in [3.63, 3.8) is 0 Å². The Labute approximate surface area is 155 Å². The maximum Gasteiger partial charge on any atom is 0.416 e. The number of amides is 1. The van der Waals surface area contributed by atoms with E-state index in [1.54, 1.807) is 4.90 Å². The second kappa shape index (κ2) is 7.88. The van der Waals surface area contributed by atoms with Crippen molar-refractivity contribution < 1.29 is 27.9 Å². The molecule has 1 aromatic rings. The highest BCUT2D eigenvalue weighted by molar-refractivity contribution is 5.79. The molecule has 2 fully saturated rings. The van der Waals surface area contributed by atoms with Gasteiger partial charge < -0.3 is 10.0 Å². The summed E-state index contributed by atoms with van der Waals surface area (Å²) in [6.45, 7) is 1.67. The van der Waals surface area contributed by atoms with Crippen molar-refractivity contribution in [2.24, 2.45) is 5.92 Å². The zero-order valence-corrected chi connectivity index (χ0v) is 14.9. The van der Waals surface area contributed by atoms with Crippen molar-refractivity contribution in [3.05, 3.63) is 35.4 Å². The van der Waals surface area contributed by atoms with Gasteiger partial charge in [0, 0.05) is 12.6 Å². The third-order valence-electron chi connectivity index (χ3n) is 5.24. The van der Waals surface area contributed by atoms with Gasteiger partial charge in [0.15, 0.2) is 0 Å². The Bertz CT molecular complexity index is 678. The lowest BCUT2D eigenvalue weighted by molar-refractivity contribution is -0.143. The molecule has 27 heavy (non-hydrogen) atoms. The number of carbonyl (C=O) groups is 2. The first-order chi connectivity index (χ1) is 12.7. The number of nitrogens with zero attached hydrogens (tertiary/aromatic N) is 2. The summed E-state index contributed by atoms with van der Waals surface area (Å²) in [6, 6.07) is 5.08. The fourth-order valence-electron chi connectivity index (χ4n) is 3.42. The molecule has 1 aromatic carbocycles. The van der Waals surface area contributed by atoms with E-state index in [1.165, 1.54) is 12.1 Å². The fraction of sp³-hybridized carbons (Fsp3) is 0.579. The number of benzene rings is 1. The number of carbonyl (C=O) groups excluding carboxylic acids is 1. The summed E-state index contributed by atoms with van der Waals surface area (Å²) in [5.74, 6) is -1.18. The van der Waals surface area contributed by atoms with Crippen LogP contribution in [0.5, 0.6) is 0 Å². The average Bonchev–Trinajstić information content (AvgIpc) is 3.44. The highest BCUT2D eigenvalue weighted by Gasteiger charge is 2.34. The summed E-state index contributed by atoms with van der Waals surface area (Å²) in [5.41, 5.74) is -0.0234. The predicted molar refractivity (Wildman–Crippen MR) is 91.8 cm³/mol. The molecule has 3 rings (SSSR count). The molecule has 0 unspecified atom stereocenters. The number of alkyl halides is 3. The van der Waals surface area contributed by atoms with Crippen LogP contribution in [-0.2, 0) is 22.3 Å². The number of rotatable bonds is 6. The van der Waals surface area contributed by atoms with E-state index in [0.717, 1.165) is 25.0 Å². The van der Waals surface area contributed by atoms with Gasteiger partial charge in [0.25, 0.3) is 0 Å². The van der Waals surface area contributed by atoms with Crippen LogP contribution in [0.1, 0.15) is 36.8 Å². The minimum atomic E-state index is -4.37. The Balaban J connectivity index is 1.57. The number of likely N-dealkylation sites (tertiary alicyclic amines) is 1. The van der Waals surface area contributed by atoms with Gasteiger partial charge in [-0.15, -0.1) is 0 Å². The van der Waals surface area contributed by atoms with Crippen molar-refractivity contribution in [1.29, 1.82) is 0 Å². The first-order valence-electron chi connectivity index (χ1n) is 9.15. The first-order valence-corrected chi connectivity index (χ1v) is 9.15. The molecule has 0 bridgehead atoms. The predicted octanol–water partition coefficient (Wildman–Crippen LogP) is 2.99. The second-order valence-corrected chi connectivity index (χ2v) is 7.34. The molecule has 1 heterocycles. The number of piperidine rings is 1. The van der Waals surface area contributed by atoms with Gasteiger partial charge in [-0.2, -0.15) is 13.2 Å². The Kier molecular flexibility index (Phi) is 5.74. The number of carboxylic acid groups (broad SMARTS) is 1. The van der Waals surface area contributed by atoms with E-state index in [9.17, 15) is 22.8 Å². The van der Waals surface area contributed by atoms with Gasteiger partial charge >= 0.3 is 12.1 Å². The molecule has 0 radical (unpaired) electrons. The quantitative estimate of drug-likeness (QED) is 0.819. The maximum absolute atomic E-state index is 12.7. The summed E-state index contributed by atoms with van der Waals surface area (Å²) < 4.78 is 38.0. The minimum Gasteiger partial charge on any atom is -0.481 e. The maximum atomic E-state index is 12.7. The summed E-state index contributed by atoms with van der Waals surface area (Å²) in [4.78, 5) is 27.4. The Morgan fingerprint density at radius 1 is 1.07 bits per heavy atom. The van der Waals surface area contributed by atoms with Crippen molar-refractivity contribution in [1.82, 2.24) is 9.80 Å². The number of carboxylic acids is 1. The minimum absolute atomic E-state index is 0.0498. The van der Waals surface area contributed by atoms with E-state index in [4.69, 9.17) is 5.11 Å². The van der Waals surface area contributed by atoms with Crippen LogP contribution in [0.3, 0.4) is 0 Å².